The zero-order valence-corrected chi connectivity index (χ0v) is 14.5. The lowest BCUT2D eigenvalue weighted by Gasteiger charge is -2.12. The molecule has 2 heterocycles. The molecule has 0 spiro atoms. The molecule has 3 rings (SSSR count). The minimum absolute atomic E-state index is 0.0434. The van der Waals surface area contributed by atoms with Crippen molar-refractivity contribution in [3.63, 3.8) is 0 Å². The zero-order valence-electron chi connectivity index (χ0n) is 14.5. The van der Waals surface area contributed by atoms with Crippen LogP contribution in [0.25, 0.3) is 0 Å². The number of amides is 1. The molecular weight excluding hydrogens is 316 g/mol. The molecule has 130 valence electrons. The lowest BCUT2D eigenvalue weighted by Crippen LogP contribution is -2.15. The first kappa shape index (κ1) is 16.9. The number of imidazole rings is 1. The molecule has 0 bridgehead atoms. The predicted molar refractivity (Wildman–Crippen MR) is 95.1 cm³/mol. The molecule has 1 aromatic carbocycles. The second-order valence-electron chi connectivity index (χ2n) is 6.23. The summed E-state index contributed by atoms with van der Waals surface area (Å²) < 4.78 is 3.78. The van der Waals surface area contributed by atoms with Crippen LogP contribution in [0.2, 0.25) is 0 Å². The van der Waals surface area contributed by atoms with Gasteiger partial charge in [0.25, 0.3) is 0 Å². The molecular formula is C18H22N6O. The van der Waals surface area contributed by atoms with Gasteiger partial charge < -0.3 is 9.88 Å². The van der Waals surface area contributed by atoms with Gasteiger partial charge in [-0.05, 0) is 17.7 Å². The van der Waals surface area contributed by atoms with Crippen molar-refractivity contribution in [1.29, 1.82) is 0 Å². The van der Waals surface area contributed by atoms with E-state index in [1.807, 2.05) is 30.6 Å². The van der Waals surface area contributed by atoms with Crippen LogP contribution < -0.4 is 5.32 Å². The summed E-state index contributed by atoms with van der Waals surface area (Å²) in [6.45, 7) is 5.50. The van der Waals surface area contributed by atoms with Gasteiger partial charge in [0.1, 0.15) is 18.5 Å². The van der Waals surface area contributed by atoms with E-state index in [9.17, 15) is 4.79 Å². The lowest BCUT2D eigenvalue weighted by molar-refractivity contribution is -0.116. The van der Waals surface area contributed by atoms with Crippen LogP contribution in [0.15, 0.2) is 49.3 Å². The van der Waals surface area contributed by atoms with E-state index in [1.165, 1.54) is 6.33 Å². The van der Waals surface area contributed by atoms with Crippen LogP contribution in [-0.4, -0.2) is 30.2 Å². The molecule has 7 heteroatoms. The fourth-order valence-electron chi connectivity index (χ4n) is 2.69. The van der Waals surface area contributed by atoms with Crippen LogP contribution in [0.5, 0.6) is 0 Å². The molecule has 0 radical (unpaired) electrons. The van der Waals surface area contributed by atoms with Gasteiger partial charge in [-0.1, -0.05) is 26.0 Å². The summed E-state index contributed by atoms with van der Waals surface area (Å²) >= 11 is 0. The molecule has 1 N–H and O–H groups in total. The summed E-state index contributed by atoms with van der Waals surface area (Å²) in [6.07, 6.45) is 7.23. The van der Waals surface area contributed by atoms with Gasteiger partial charge in [0.05, 0.1) is 6.54 Å². The fraction of sp³-hybridized carbons (Fsp3) is 0.333. The van der Waals surface area contributed by atoms with Crippen molar-refractivity contribution in [2.24, 2.45) is 0 Å². The van der Waals surface area contributed by atoms with Crippen LogP contribution in [0, 0.1) is 0 Å². The van der Waals surface area contributed by atoms with E-state index >= 15 is 0 Å². The Labute approximate surface area is 146 Å². The van der Waals surface area contributed by atoms with Crippen molar-refractivity contribution in [2.75, 3.05) is 5.32 Å². The molecule has 0 saturated carbocycles. The van der Waals surface area contributed by atoms with E-state index in [1.54, 1.807) is 11.0 Å². The summed E-state index contributed by atoms with van der Waals surface area (Å²) in [7, 11) is 0. The van der Waals surface area contributed by atoms with E-state index in [4.69, 9.17) is 0 Å². The maximum Gasteiger partial charge on any atom is 0.226 e. The monoisotopic (exact) mass is 338 g/mol. The Balaban J connectivity index is 1.61. The summed E-state index contributed by atoms with van der Waals surface area (Å²) in [5.41, 5.74) is 1.92. The Morgan fingerprint density at radius 1 is 1.32 bits per heavy atom. The number of carbonyl (C=O) groups is 1. The number of hydrogen-bond acceptors (Lipinski definition) is 4. The maximum atomic E-state index is 12.1. The summed E-state index contributed by atoms with van der Waals surface area (Å²) in [5.74, 6) is 1.38. The molecule has 25 heavy (non-hydrogen) atoms. The topological polar surface area (TPSA) is 77.6 Å². The highest BCUT2D eigenvalue weighted by molar-refractivity contribution is 5.90. The fourth-order valence-corrected chi connectivity index (χ4v) is 2.69. The number of rotatable bonds is 7. The molecule has 0 unspecified atom stereocenters. The van der Waals surface area contributed by atoms with Crippen molar-refractivity contribution < 1.29 is 4.79 Å². The van der Waals surface area contributed by atoms with Gasteiger partial charge in [0.2, 0.25) is 5.91 Å². The van der Waals surface area contributed by atoms with Crippen LogP contribution in [0.4, 0.5) is 5.69 Å². The third-order valence-electron chi connectivity index (χ3n) is 3.86. The highest BCUT2D eigenvalue weighted by Crippen LogP contribution is 2.16. The third kappa shape index (κ3) is 4.53. The van der Waals surface area contributed by atoms with Gasteiger partial charge in [0, 0.05) is 37.0 Å². The third-order valence-corrected chi connectivity index (χ3v) is 3.86. The maximum absolute atomic E-state index is 12.1. The number of aromatic nitrogens is 5. The zero-order chi connectivity index (χ0) is 17.6. The number of nitrogens with one attached hydrogen (secondary N) is 1. The van der Waals surface area contributed by atoms with Gasteiger partial charge in [-0.2, -0.15) is 5.10 Å². The molecule has 0 atom stereocenters. The van der Waals surface area contributed by atoms with E-state index in [0.717, 1.165) is 23.6 Å². The Morgan fingerprint density at radius 3 is 2.96 bits per heavy atom. The number of hydrogen-bond donors (Lipinski definition) is 1. The van der Waals surface area contributed by atoms with Crippen LogP contribution in [0.1, 0.15) is 37.6 Å². The second-order valence-corrected chi connectivity index (χ2v) is 6.23. The second kappa shape index (κ2) is 7.74. The first-order valence-corrected chi connectivity index (χ1v) is 8.34. The molecule has 0 fully saturated rings. The molecule has 0 aliphatic rings. The van der Waals surface area contributed by atoms with Crippen molar-refractivity contribution in [2.45, 2.75) is 39.3 Å². The number of aryl methyl sites for hydroxylation is 1. The van der Waals surface area contributed by atoms with Crippen LogP contribution >= 0.6 is 0 Å². The van der Waals surface area contributed by atoms with Gasteiger partial charge in [-0.15, -0.1) is 0 Å². The minimum atomic E-state index is -0.0434. The van der Waals surface area contributed by atoms with Crippen molar-refractivity contribution in [3.05, 3.63) is 60.7 Å². The van der Waals surface area contributed by atoms with E-state index < -0.39 is 0 Å². The van der Waals surface area contributed by atoms with Gasteiger partial charge >= 0.3 is 0 Å². The highest BCUT2D eigenvalue weighted by atomic mass is 16.1. The molecule has 0 aliphatic heterocycles. The molecule has 1 amide bonds. The SMILES string of the molecule is CC(C)c1nccn1Cc1cccc(NC(=O)CCn2cncn2)c1. The van der Waals surface area contributed by atoms with Gasteiger partial charge in [0.15, 0.2) is 0 Å². The van der Waals surface area contributed by atoms with Crippen LogP contribution in [0.3, 0.4) is 0 Å². The number of carbonyl (C=O) groups excluding carboxylic acids is 1. The predicted octanol–water partition coefficient (Wildman–Crippen LogP) is 2.68. The Bertz CT molecular complexity index is 822. The molecule has 0 saturated heterocycles. The van der Waals surface area contributed by atoms with E-state index in [0.29, 0.717) is 18.9 Å². The van der Waals surface area contributed by atoms with Crippen molar-refractivity contribution in [1.82, 2.24) is 24.3 Å². The molecule has 2 aromatic heterocycles. The molecule has 0 aliphatic carbocycles. The Morgan fingerprint density at radius 2 is 2.20 bits per heavy atom. The average molecular weight is 338 g/mol. The number of anilines is 1. The van der Waals surface area contributed by atoms with Crippen molar-refractivity contribution in [3.8, 4) is 0 Å². The Kier molecular flexibility index (Phi) is 5.23. The van der Waals surface area contributed by atoms with Gasteiger partial charge in [-0.25, -0.2) is 9.97 Å². The average Bonchev–Trinajstić information content (AvgIpc) is 3.24. The van der Waals surface area contributed by atoms with E-state index in [-0.39, 0.29) is 5.91 Å². The summed E-state index contributed by atoms with van der Waals surface area (Å²) in [4.78, 5) is 20.4. The summed E-state index contributed by atoms with van der Waals surface area (Å²) in [6, 6.07) is 7.90. The summed E-state index contributed by atoms with van der Waals surface area (Å²) in [5, 5.41) is 6.93. The lowest BCUT2D eigenvalue weighted by atomic mass is 10.1. The van der Waals surface area contributed by atoms with Crippen LogP contribution in [-0.2, 0) is 17.9 Å². The normalized spacial score (nSPS) is 11.0. The minimum Gasteiger partial charge on any atom is -0.330 e. The largest absolute Gasteiger partial charge is 0.330 e. The first-order valence-electron chi connectivity index (χ1n) is 8.34. The standard InChI is InChI=1S/C18H22N6O/c1-14(2)18-20-7-9-23(18)11-15-4-3-5-16(10-15)22-17(25)6-8-24-13-19-12-21-24/h3-5,7,9-10,12-14H,6,8,11H2,1-2H3,(H,22,25). The number of benzene rings is 1. The first-order chi connectivity index (χ1) is 12.1. The van der Waals surface area contributed by atoms with E-state index in [2.05, 4.69) is 44.9 Å². The quantitative estimate of drug-likeness (QED) is 0.718. The molecule has 7 nitrogen and oxygen atoms in total. The Hall–Kier alpha value is -2.96. The smallest absolute Gasteiger partial charge is 0.226 e. The van der Waals surface area contributed by atoms with Crippen molar-refractivity contribution >= 4 is 11.6 Å². The molecule has 3 aromatic rings. The highest BCUT2D eigenvalue weighted by Gasteiger charge is 2.08. The number of nitrogens with zero attached hydrogens (tertiary/aromatic N) is 5. The van der Waals surface area contributed by atoms with Gasteiger partial charge in [-0.3, -0.25) is 9.48 Å².